The number of benzene rings is 7. The highest BCUT2D eigenvalue weighted by Gasteiger charge is 2.23. The van der Waals surface area contributed by atoms with E-state index in [0.717, 1.165) is 37.8 Å². The normalized spacial score (nSPS) is 12.2. The van der Waals surface area contributed by atoms with Crippen LogP contribution in [0, 0.1) is 0 Å². The van der Waals surface area contributed by atoms with Crippen LogP contribution >= 0.6 is 11.3 Å². The molecular weight excluding hydrogens is 605 g/mol. The molecule has 0 spiro atoms. The molecule has 0 unspecified atom stereocenters. The highest BCUT2D eigenvalue weighted by atomic mass is 32.1. The second kappa shape index (κ2) is 9.67. The highest BCUT2D eigenvalue weighted by Crippen LogP contribution is 2.43. The third-order valence-electron chi connectivity index (χ3n) is 9.90. The average Bonchev–Trinajstić information content (AvgIpc) is 3.90. The van der Waals surface area contributed by atoms with Crippen LogP contribution in [-0.2, 0) is 0 Å². The Kier molecular flexibility index (Phi) is 5.23. The Morgan fingerprint density at radius 2 is 0.646 bits per heavy atom. The second-order valence-corrected chi connectivity index (χ2v) is 13.4. The zero-order valence-electron chi connectivity index (χ0n) is 25.7. The van der Waals surface area contributed by atoms with Crippen molar-refractivity contribution in [2.75, 3.05) is 0 Å². The second-order valence-electron chi connectivity index (χ2n) is 12.4. The summed E-state index contributed by atoms with van der Waals surface area (Å²) in [4.78, 5) is 5.60. The number of aromatic nitrogens is 4. The van der Waals surface area contributed by atoms with Gasteiger partial charge in [0, 0.05) is 32.3 Å². The van der Waals surface area contributed by atoms with Gasteiger partial charge in [-0.1, -0.05) is 121 Å². The molecule has 7 aromatic carbocycles. The fourth-order valence-electron chi connectivity index (χ4n) is 7.91. The minimum Gasteiger partial charge on any atom is -0.308 e. The van der Waals surface area contributed by atoms with Crippen LogP contribution in [0.1, 0.15) is 0 Å². The molecule has 0 N–H and O–H groups in total. The summed E-state index contributed by atoms with van der Waals surface area (Å²) in [7, 11) is 0. The smallest absolute Gasteiger partial charge is 0.195 e. The fraction of sp³-hybridized carbons (Fsp3) is 0. The van der Waals surface area contributed by atoms with Crippen LogP contribution in [0.5, 0.6) is 0 Å². The molecule has 4 heterocycles. The van der Waals surface area contributed by atoms with E-state index in [-0.39, 0.29) is 0 Å². The maximum Gasteiger partial charge on any atom is 0.195 e. The zero-order chi connectivity index (χ0) is 31.3. The summed E-state index contributed by atoms with van der Waals surface area (Å²) in [5, 5.41) is 8.41. The predicted octanol–water partition coefficient (Wildman–Crippen LogP) is 11.6. The molecular formula is C43H26N4S. The molecule has 0 bridgehead atoms. The first-order chi connectivity index (χ1) is 23.8. The molecule has 0 amide bonds. The van der Waals surface area contributed by atoms with E-state index in [1.165, 1.54) is 54.4 Å². The van der Waals surface area contributed by atoms with Crippen LogP contribution in [0.15, 0.2) is 158 Å². The van der Waals surface area contributed by atoms with Crippen molar-refractivity contribution in [1.29, 1.82) is 0 Å². The molecule has 11 rings (SSSR count). The van der Waals surface area contributed by atoms with Crippen molar-refractivity contribution in [3.05, 3.63) is 158 Å². The van der Waals surface area contributed by atoms with Gasteiger partial charge < -0.3 is 9.13 Å². The van der Waals surface area contributed by atoms with E-state index < -0.39 is 0 Å². The maximum atomic E-state index is 5.60. The maximum absolute atomic E-state index is 5.60. The molecule has 224 valence electrons. The molecule has 0 aliphatic rings. The largest absolute Gasteiger partial charge is 0.308 e. The number of hydrogen-bond acceptors (Lipinski definition) is 2. The topological polar surface area (TPSA) is 27.7 Å². The lowest BCUT2D eigenvalue weighted by atomic mass is 10.2. The van der Waals surface area contributed by atoms with Crippen molar-refractivity contribution >= 4 is 87.0 Å². The number of thiazole rings is 1. The summed E-state index contributed by atoms with van der Waals surface area (Å²) in [6.07, 6.45) is 0. The molecule has 0 atom stereocenters. The molecule has 48 heavy (non-hydrogen) atoms. The first-order valence-electron chi connectivity index (χ1n) is 16.2. The van der Waals surface area contributed by atoms with Gasteiger partial charge in [0.2, 0.25) is 0 Å². The third kappa shape index (κ3) is 3.40. The third-order valence-corrected chi connectivity index (χ3v) is 11.0. The van der Waals surface area contributed by atoms with Crippen LogP contribution in [0.4, 0.5) is 0 Å². The fourth-order valence-corrected chi connectivity index (χ4v) is 9.03. The Hall–Kier alpha value is -6.17. The number of para-hydroxylation sites is 6. The minimum absolute atomic E-state index is 0.956. The van der Waals surface area contributed by atoms with Crippen molar-refractivity contribution in [3.63, 3.8) is 0 Å². The van der Waals surface area contributed by atoms with E-state index in [9.17, 15) is 0 Å². The first-order valence-corrected chi connectivity index (χ1v) is 17.1. The van der Waals surface area contributed by atoms with Gasteiger partial charge in [0.1, 0.15) is 5.52 Å². The number of hydrogen-bond donors (Lipinski definition) is 0. The van der Waals surface area contributed by atoms with Gasteiger partial charge in [0.15, 0.2) is 5.13 Å². The number of rotatable bonds is 3. The van der Waals surface area contributed by atoms with E-state index in [1.807, 2.05) is 0 Å². The molecule has 5 heteroatoms. The van der Waals surface area contributed by atoms with Gasteiger partial charge in [0.25, 0.3) is 0 Å². The van der Waals surface area contributed by atoms with Crippen molar-refractivity contribution in [2.24, 2.45) is 0 Å². The lowest BCUT2D eigenvalue weighted by Gasteiger charge is -2.13. The van der Waals surface area contributed by atoms with E-state index in [1.54, 1.807) is 11.3 Å². The minimum atomic E-state index is 0.956. The lowest BCUT2D eigenvalue weighted by molar-refractivity contribution is 1.13. The SMILES string of the molecule is c1ccc2c(c1)c1ccccc1n2-c1nc2c(-n3c4ccccc4c4ccccc43)ccc(-n3c4ccccc4c4ccccc43)c2s1. The van der Waals surface area contributed by atoms with Crippen LogP contribution < -0.4 is 0 Å². The Bertz CT molecular complexity index is 2770. The Morgan fingerprint density at radius 1 is 0.333 bits per heavy atom. The van der Waals surface area contributed by atoms with E-state index in [0.29, 0.717) is 0 Å². The van der Waals surface area contributed by atoms with E-state index >= 15 is 0 Å². The van der Waals surface area contributed by atoms with Gasteiger partial charge in [-0.25, -0.2) is 4.98 Å². The van der Waals surface area contributed by atoms with Crippen LogP contribution in [0.3, 0.4) is 0 Å². The van der Waals surface area contributed by atoms with Gasteiger partial charge >= 0.3 is 0 Å². The Balaban J connectivity index is 1.31. The highest BCUT2D eigenvalue weighted by molar-refractivity contribution is 7.21. The standard InChI is InChI=1S/C43H26N4S/c1-7-19-33-27(13-1)28-14-2-8-20-34(28)45(33)39-25-26-40(46-35-21-9-3-15-29(35)30-16-4-10-22-36(30)46)42-41(39)44-43(48-42)47-37-23-11-5-17-31(37)32-18-6-12-24-38(32)47/h1-26H. The van der Waals surface area contributed by atoms with Crippen molar-refractivity contribution in [1.82, 2.24) is 18.7 Å². The molecule has 0 fully saturated rings. The molecule has 4 aromatic heterocycles. The van der Waals surface area contributed by atoms with Crippen LogP contribution in [-0.4, -0.2) is 18.7 Å². The summed E-state index contributed by atoms with van der Waals surface area (Å²) in [6, 6.07) is 56.8. The van der Waals surface area contributed by atoms with Gasteiger partial charge in [-0.2, -0.15) is 0 Å². The van der Waals surface area contributed by atoms with Gasteiger partial charge in [-0.3, -0.25) is 4.57 Å². The molecule has 0 aliphatic carbocycles. The Labute approximate surface area is 278 Å². The van der Waals surface area contributed by atoms with Gasteiger partial charge in [-0.05, 0) is 48.5 Å². The Morgan fingerprint density at radius 3 is 1.04 bits per heavy atom. The summed E-state index contributed by atoms with van der Waals surface area (Å²) < 4.78 is 8.33. The number of fused-ring (bicyclic) bond motifs is 10. The van der Waals surface area contributed by atoms with Crippen molar-refractivity contribution in [2.45, 2.75) is 0 Å². The molecule has 11 aromatic rings. The summed E-state index contributed by atoms with van der Waals surface area (Å²) in [5.74, 6) is 0. The number of nitrogens with zero attached hydrogens (tertiary/aromatic N) is 4. The monoisotopic (exact) mass is 630 g/mol. The van der Waals surface area contributed by atoms with Crippen LogP contribution in [0.2, 0.25) is 0 Å². The van der Waals surface area contributed by atoms with Crippen LogP contribution in [0.25, 0.3) is 92.1 Å². The lowest BCUT2D eigenvalue weighted by Crippen LogP contribution is -1.99. The predicted molar refractivity (Wildman–Crippen MR) is 203 cm³/mol. The van der Waals surface area contributed by atoms with E-state index in [2.05, 4.69) is 171 Å². The molecule has 0 radical (unpaired) electrons. The molecule has 0 aliphatic heterocycles. The summed E-state index contributed by atoms with van der Waals surface area (Å²) >= 11 is 1.77. The van der Waals surface area contributed by atoms with Gasteiger partial charge in [-0.15, -0.1) is 0 Å². The first kappa shape index (κ1) is 26.0. The molecule has 0 saturated carbocycles. The summed E-state index contributed by atoms with van der Waals surface area (Å²) in [6.45, 7) is 0. The average molecular weight is 631 g/mol. The van der Waals surface area contributed by atoms with Crippen molar-refractivity contribution in [3.8, 4) is 16.5 Å². The zero-order valence-corrected chi connectivity index (χ0v) is 26.5. The quantitative estimate of drug-likeness (QED) is 0.191. The molecule has 0 saturated heterocycles. The van der Waals surface area contributed by atoms with Crippen molar-refractivity contribution < 1.29 is 0 Å². The summed E-state index contributed by atoms with van der Waals surface area (Å²) in [5.41, 5.74) is 10.3. The molecule has 4 nitrogen and oxygen atoms in total. The van der Waals surface area contributed by atoms with Gasteiger partial charge in [0.05, 0.1) is 49.2 Å². The van der Waals surface area contributed by atoms with E-state index in [4.69, 9.17) is 4.98 Å².